The molecule has 0 aliphatic carbocycles. The van der Waals surface area contributed by atoms with Crippen molar-refractivity contribution in [1.29, 1.82) is 0 Å². The number of nitrogens with one attached hydrogen (secondary N) is 1. The Hall–Kier alpha value is -0.260. The van der Waals surface area contributed by atoms with Crippen molar-refractivity contribution in [3.63, 3.8) is 0 Å². The van der Waals surface area contributed by atoms with Gasteiger partial charge in [-0.3, -0.25) is 4.79 Å². The van der Waals surface area contributed by atoms with E-state index in [9.17, 15) is 4.79 Å². The molecule has 5 heteroatoms. The van der Waals surface area contributed by atoms with Gasteiger partial charge in [-0.05, 0) is 24.3 Å². The first-order chi connectivity index (χ1) is 7.02. The van der Waals surface area contributed by atoms with Crippen molar-refractivity contribution >= 4 is 17.7 Å². The van der Waals surface area contributed by atoms with Crippen LogP contribution in [0.4, 0.5) is 0 Å². The average molecular weight is 234 g/mol. The maximum absolute atomic E-state index is 11.6. The van der Waals surface area contributed by atoms with Crippen LogP contribution < -0.4 is 11.1 Å². The zero-order chi connectivity index (χ0) is 11.8. The average Bonchev–Trinajstić information content (AvgIpc) is 2.21. The van der Waals surface area contributed by atoms with Crippen LogP contribution in [0.5, 0.6) is 0 Å². The first kappa shape index (κ1) is 14.7. The van der Waals surface area contributed by atoms with Gasteiger partial charge in [-0.1, -0.05) is 13.8 Å². The Morgan fingerprint density at radius 3 is 2.53 bits per heavy atom. The van der Waals surface area contributed by atoms with Crippen LogP contribution in [0.2, 0.25) is 0 Å². The number of hydrogen-bond donors (Lipinski definition) is 3. The second-order valence-electron chi connectivity index (χ2n) is 3.93. The molecule has 0 aromatic heterocycles. The largest absolute Gasteiger partial charge is 0.394 e. The summed E-state index contributed by atoms with van der Waals surface area (Å²) in [5.74, 6) is 0.920. The molecule has 0 saturated heterocycles. The molecule has 4 N–H and O–H groups in total. The van der Waals surface area contributed by atoms with Crippen LogP contribution >= 0.6 is 11.8 Å². The molecule has 0 heterocycles. The number of aliphatic hydroxyl groups is 1. The maximum Gasteiger partial charge on any atom is 0.237 e. The standard InChI is InChI=1S/C10H22N2O2S/c1-7(2)9(6-13)12-10(14)8(11)4-5-15-3/h7-9,13H,4-6,11H2,1-3H3,(H,12,14)/t8-,9?/m1/s1. The Labute approximate surface area is 96.0 Å². The van der Waals surface area contributed by atoms with E-state index >= 15 is 0 Å². The number of carbonyl (C=O) groups excluding carboxylic acids is 1. The van der Waals surface area contributed by atoms with Crippen LogP contribution in [0.15, 0.2) is 0 Å². The molecule has 0 aromatic carbocycles. The van der Waals surface area contributed by atoms with Crippen molar-refractivity contribution in [1.82, 2.24) is 5.32 Å². The first-order valence-electron chi connectivity index (χ1n) is 5.18. The number of hydrogen-bond acceptors (Lipinski definition) is 4. The third-order valence-corrected chi connectivity index (χ3v) is 2.94. The van der Waals surface area contributed by atoms with E-state index in [1.807, 2.05) is 20.1 Å². The summed E-state index contributed by atoms with van der Waals surface area (Å²) >= 11 is 1.67. The smallest absolute Gasteiger partial charge is 0.237 e. The molecule has 90 valence electrons. The van der Waals surface area contributed by atoms with Crippen LogP contribution in [0.25, 0.3) is 0 Å². The summed E-state index contributed by atoms with van der Waals surface area (Å²) in [6, 6.07) is -0.664. The van der Waals surface area contributed by atoms with Crippen LogP contribution in [0, 0.1) is 5.92 Å². The van der Waals surface area contributed by atoms with Gasteiger partial charge in [-0.15, -0.1) is 0 Å². The molecule has 0 aliphatic heterocycles. The second kappa shape index (κ2) is 7.96. The van der Waals surface area contributed by atoms with Gasteiger partial charge < -0.3 is 16.2 Å². The lowest BCUT2D eigenvalue weighted by Crippen LogP contribution is -2.48. The third kappa shape index (κ3) is 6.02. The van der Waals surface area contributed by atoms with Crippen LogP contribution in [-0.2, 0) is 4.79 Å². The molecule has 0 radical (unpaired) electrons. The molecule has 1 unspecified atom stereocenters. The summed E-state index contributed by atoms with van der Waals surface area (Å²) in [6.07, 6.45) is 2.65. The van der Waals surface area contributed by atoms with Gasteiger partial charge in [0.1, 0.15) is 0 Å². The van der Waals surface area contributed by atoms with Gasteiger partial charge in [0, 0.05) is 0 Å². The molecule has 4 nitrogen and oxygen atoms in total. The van der Waals surface area contributed by atoms with E-state index < -0.39 is 6.04 Å². The van der Waals surface area contributed by atoms with Gasteiger partial charge in [0.15, 0.2) is 0 Å². The molecule has 0 rings (SSSR count). The summed E-state index contributed by atoms with van der Waals surface area (Å²) in [6.45, 7) is 3.86. The Balaban J connectivity index is 3.98. The van der Waals surface area contributed by atoms with E-state index in [1.165, 1.54) is 0 Å². The van der Waals surface area contributed by atoms with Crippen LogP contribution in [-0.4, -0.2) is 41.7 Å². The number of amides is 1. The fourth-order valence-electron chi connectivity index (χ4n) is 1.09. The van der Waals surface area contributed by atoms with E-state index in [-0.39, 0.29) is 24.5 Å². The number of aliphatic hydroxyl groups excluding tert-OH is 1. The number of carbonyl (C=O) groups is 1. The molecule has 0 bridgehead atoms. The Morgan fingerprint density at radius 2 is 2.13 bits per heavy atom. The molecule has 1 amide bonds. The molecule has 15 heavy (non-hydrogen) atoms. The van der Waals surface area contributed by atoms with Crippen LogP contribution in [0.1, 0.15) is 20.3 Å². The molecule has 0 aliphatic rings. The summed E-state index contributed by atoms with van der Waals surface area (Å²) in [5.41, 5.74) is 5.70. The minimum atomic E-state index is -0.467. The van der Waals surface area contributed by atoms with Gasteiger partial charge >= 0.3 is 0 Å². The lowest BCUT2D eigenvalue weighted by molar-refractivity contribution is -0.123. The van der Waals surface area contributed by atoms with E-state index in [0.29, 0.717) is 6.42 Å². The van der Waals surface area contributed by atoms with Crippen molar-refractivity contribution < 1.29 is 9.90 Å². The third-order valence-electron chi connectivity index (χ3n) is 2.30. The first-order valence-corrected chi connectivity index (χ1v) is 6.58. The highest BCUT2D eigenvalue weighted by Crippen LogP contribution is 2.03. The van der Waals surface area contributed by atoms with E-state index in [0.717, 1.165) is 5.75 Å². The molecule has 0 spiro atoms. The van der Waals surface area contributed by atoms with Gasteiger partial charge in [0.2, 0.25) is 5.91 Å². The Kier molecular flexibility index (Phi) is 7.82. The van der Waals surface area contributed by atoms with E-state index in [2.05, 4.69) is 5.32 Å². The van der Waals surface area contributed by atoms with Crippen molar-refractivity contribution in [2.24, 2.45) is 11.7 Å². The number of nitrogens with two attached hydrogens (primary N) is 1. The fourth-order valence-corrected chi connectivity index (χ4v) is 1.58. The quantitative estimate of drug-likeness (QED) is 0.588. The van der Waals surface area contributed by atoms with E-state index in [4.69, 9.17) is 10.8 Å². The SMILES string of the molecule is CSCC[C@@H](N)C(=O)NC(CO)C(C)C. The summed E-state index contributed by atoms with van der Waals surface area (Å²) in [5, 5.41) is 11.8. The van der Waals surface area contributed by atoms with Gasteiger partial charge in [0.05, 0.1) is 18.7 Å². The Morgan fingerprint density at radius 1 is 1.53 bits per heavy atom. The zero-order valence-corrected chi connectivity index (χ0v) is 10.5. The molecule has 0 saturated carbocycles. The molecular weight excluding hydrogens is 212 g/mol. The minimum absolute atomic E-state index is 0.0430. The van der Waals surface area contributed by atoms with Crippen molar-refractivity contribution in [3.8, 4) is 0 Å². The highest BCUT2D eigenvalue weighted by Gasteiger charge is 2.19. The summed E-state index contributed by atoms with van der Waals surface area (Å²) in [4.78, 5) is 11.6. The van der Waals surface area contributed by atoms with E-state index in [1.54, 1.807) is 11.8 Å². The lowest BCUT2D eigenvalue weighted by atomic mass is 10.0. The highest BCUT2D eigenvalue weighted by atomic mass is 32.2. The normalized spacial score (nSPS) is 15.1. The molecular formula is C10H22N2O2S. The maximum atomic E-state index is 11.6. The van der Waals surface area contributed by atoms with Gasteiger partial charge in [0.25, 0.3) is 0 Å². The minimum Gasteiger partial charge on any atom is -0.394 e. The Bertz CT molecular complexity index is 188. The number of thioether (sulfide) groups is 1. The monoisotopic (exact) mass is 234 g/mol. The van der Waals surface area contributed by atoms with Crippen molar-refractivity contribution in [2.75, 3.05) is 18.6 Å². The number of rotatable bonds is 7. The lowest BCUT2D eigenvalue weighted by Gasteiger charge is -2.22. The molecule has 0 fully saturated rings. The van der Waals surface area contributed by atoms with Crippen LogP contribution in [0.3, 0.4) is 0 Å². The predicted molar refractivity (Wildman–Crippen MR) is 64.8 cm³/mol. The highest BCUT2D eigenvalue weighted by molar-refractivity contribution is 7.98. The fraction of sp³-hybridized carbons (Fsp3) is 0.900. The zero-order valence-electron chi connectivity index (χ0n) is 9.69. The topological polar surface area (TPSA) is 75.4 Å². The van der Waals surface area contributed by atoms with Crippen molar-refractivity contribution in [2.45, 2.75) is 32.4 Å². The van der Waals surface area contributed by atoms with Crippen molar-refractivity contribution in [3.05, 3.63) is 0 Å². The van der Waals surface area contributed by atoms with Gasteiger partial charge in [-0.25, -0.2) is 0 Å². The predicted octanol–water partition coefficient (Wildman–Crippen LogP) is 0.200. The second-order valence-corrected chi connectivity index (χ2v) is 4.92. The molecule has 2 atom stereocenters. The summed E-state index contributed by atoms with van der Waals surface area (Å²) in [7, 11) is 0. The summed E-state index contributed by atoms with van der Waals surface area (Å²) < 4.78 is 0. The van der Waals surface area contributed by atoms with Gasteiger partial charge in [-0.2, -0.15) is 11.8 Å². The molecule has 0 aromatic rings.